The summed E-state index contributed by atoms with van der Waals surface area (Å²) in [5, 5.41) is 23.7. The van der Waals surface area contributed by atoms with E-state index in [1.165, 1.54) is 77.0 Å². The lowest BCUT2D eigenvalue weighted by Crippen LogP contribution is -2.46. The lowest BCUT2D eigenvalue weighted by Gasteiger charge is -2.24. The van der Waals surface area contributed by atoms with Gasteiger partial charge in [0.15, 0.2) is 0 Å². The third-order valence-corrected chi connectivity index (χ3v) is 10.8. The van der Waals surface area contributed by atoms with Gasteiger partial charge in [0.1, 0.15) is 6.10 Å². The molecule has 0 aromatic rings. The van der Waals surface area contributed by atoms with Crippen LogP contribution in [0.5, 0.6) is 0 Å². The smallest absolute Gasteiger partial charge is 0.306 e. The molecule has 0 aliphatic carbocycles. The minimum absolute atomic E-state index is 0.0114. The largest absolute Gasteiger partial charge is 0.462 e. The molecule has 3 N–H and O–H groups in total. The summed E-state index contributed by atoms with van der Waals surface area (Å²) >= 11 is 0. The SMILES string of the molecule is CC\C=C/C=C/C=C/C=C\C=C\C=C\CCCC(CC(=O)NC(CO)C(O)CCCCCCCCCCCCCCCCC)OC(=O)CCCCCCC\C=C/C=C/C=C/CC. The Balaban J connectivity index is 4.75. The second-order valence-corrected chi connectivity index (χ2v) is 16.7. The van der Waals surface area contributed by atoms with Gasteiger partial charge in [-0.25, -0.2) is 0 Å². The zero-order valence-corrected chi connectivity index (χ0v) is 40.0. The molecule has 0 heterocycles. The van der Waals surface area contributed by atoms with Gasteiger partial charge in [-0.05, 0) is 57.8 Å². The average molecular weight is 860 g/mol. The number of aliphatic hydroxyl groups excluding tert-OH is 2. The second-order valence-electron chi connectivity index (χ2n) is 16.7. The maximum absolute atomic E-state index is 13.2. The van der Waals surface area contributed by atoms with Crippen molar-refractivity contribution in [2.24, 2.45) is 0 Å². The van der Waals surface area contributed by atoms with E-state index in [-0.39, 0.29) is 24.9 Å². The first-order chi connectivity index (χ1) is 30.5. The number of unbranched alkanes of at least 4 members (excludes halogenated alkanes) is 20. The predicted molar refractivity (Wildman–Crippen MR) is 268 cm³/mol. The van der Waals surface area contributed by atoms with Crippen LogP contribution in [0.1, 0.15) is 207 Å². The summed E-state index contributed by atoms with van der Waals surface area (Å²) in [5.41, 5.74) is 0. The molecule has 6 heteroatoms. The molecule has 6 nitrogen and oxygen atoms in total. The third kappa shape index (κ3) is 43.2. The predicted octanol–water partition coefficient (Wildman–Crippen LogP) is 15.1. The van der Waals surface area contributed by atoms with E-state index in [9.17, 15) is 19.8 Å². The minimum atomic E-state index is -0.818. The Bertz CT molecular complexity index is 1280. The van der Waals surface area contributed by atoms with E-state index in [1.54, 1.807) is 0 Å². The molecule has 0 rings (SSSR count). The van der Waals surface area contributed by atoms with Crippen LogP contribution in [0.2, 0.25) is 0 Å². The van der Waals surface area contributed by atoms with Gasteiger partial charge in [0, 0.05) is 6.42 Å². The molecule has 0 spiro atoms. The molecule has 352 valence electrons. The van der Waals surface area contributed by atoms with Crippen molar-refractivity contribution in [3.05, 3.63) is 109 Å². The minimum Gasteiger partial charge on any atom is -0.462 e. The molecule has 0 aliphatic rings. The van der Waals surface area contributed by atoms with Crippen molar-refractivity contribution in [2.45, 2.75) is 225 Å². The maximum atomic E-state index is 13.2. The number of nitrogens with one attached hydrogen (secondary N) is 1. The molecule has 3 atom stereocenters. The van der Waals surface area contributed by atoms with E-state index in [0.717, 1.165) is 83.5 Å². The molecule has 0 aliphatic heterocycles. The highest BCUT2D eigenvalue weighted by molar-refractivity contribution is 5.77. The molecular formula is C56H93NO5. The van der Waals surface area contributed by atoms with Gasteiger partial charge in [0.25, 0.3) is 0 Å². The fraction of sp³-hybridized carbons (Fsp3) is 0.643. The van der Waals surface area contributed by atoms with Crippen LogP contribution in [0, 0.1) is 0 Å². The van der Waals surface area contributed by atoms with E-state index >= 15 is 0 Å². The van der Waals surface area contributed by atoms with Gasteiger partial charge in [0.05, 0.1) is 25.2 Å². The van der Waals surface area contributed by atoms with Gasteiger partial charge in [-0.2, -0.15) is 0 Å². The molecule has 0 fully saturated rings. The Morgan fingerprint density at radius 1 is 0.484 bits per heavy atom. The van der Waals surface area contributed by atoms with Crippen molar-refractivity contribution >= 4 is 11.9 Å². The number of aliphatic hydroxyl groups is 2. The monoisotopic (exact) mass is 860 g/mol. The van der Waals surface area contributed by atoms with Crippen molar-refractivity contribution in [1.82, 2.24) is 5.32 Å². The van der Waals surface area contributed by atoms with Gasteiger partial charge in [-0.3, -0.25) is 9.59 Å². The highest BCUT2D eigenvalue weighted by Crippen LogP contribution is 2.17. The van der Waals surface area contributed by atoms with Crippen LogP contribution in [-0.4, -0.2) is 46.9 Å². The number of allylic oxidation sites excluding steroid dienone is 18. The van der Waals surface area contributed by atoms with E-state index in [2.05, 4.69) is 74.7 Å². The first-order valence-electron chi connectivity index (χ1n) is 25.2. The van der Waals surface area contributed by atoms with Crippen molar-refractivity contribution in [2.75, 3.05) is 6.61 Å². The quantitative estimate of drug-likeness (QED) is 0.0322. The number of esters is 1. The van der Waals surface area contributed by atoms with Gasteiger partial charge in [-0.1, -0.05) is 246 Å². The molecule has 0 radical (unpaired) electrons. The highest BCUT2D eigenvalue weighted by atomic mass is 16.5. The van der Waals surface area contributed by atoms with Gasteiger partial charge < -0.3 is 20.3 Å². The van der Waals surface area contributed by atoms with Gasteiger partial charge >= 0.3 is 5.97 Å². The Morgan fingerprint density at radius 2 is 0.887 bits per heavy atom. The number of hydrogen-bond donors (Lipinski definition) is 3. The topological polar surface area (TPSA) is 95.9 Å². The van der Waals surface area contributed by atoms with Crippen LogP contribution >= 0.6 is 0 Å². The molecule has 62 heavy (non-hydrogen) atoms. The molecule has 0 bridgehead atoms. The van der Waals surface area contributed by atoms with Crippen LogP contribution in [-0.2, 0) is 14.3 Å². The molecule has 0 aromatic heterocycles. The number of ether oxygens (including phenoxy) is 1. The Kier molecular flexibility index (Phi) is 45.8. The van der Waals surface area contributed by atoms with Crippen molar-refractivity contribution in [3.8, 4) is 0 Å². The fourth-order valence-electron chi connectivity index (χ4n) is 7.06. The maximum Gasteiger partial charge on any atom is 0.306 e. The Hall–Kier alpha value is -3.48. The number of carbonyl (C=O) groups excluding carboxylic acids is 2. The zero-order chi connectivity index (χ0) is 45.2. The molecule has 1 amide bonds. The number of rotatable bonds is 43. The molecule has 0 saturated carbocycles. The third-order valence-electron chi connectivity index (χ3n) is 10.8. The van der Waals surface area contributed by atoms with Gasteiger partial charge in [-0.15, -0.1) is 0 Å². The van der Waals surface area contributed by atoms with Crippen molar-refractivity contribution in [3.63, 3.8) is 0 Å². The standard InChI is InChI=1S/C56H93NO5/c1-4-7-10-13-16-19-22-25-27-30-32-35-38-41-44-47-52(62-56(61)49-46-43-40-37-34-29-24-21-18-15-12-9-6-3)50-55(60)57-53(51-58)54(59)48-45-42-39-36-33-31-28-26-23-20-17-14-11-8-5-2/h7,9-10,12-13,15-16,18-19,21-22,24-25,27,30,32,35,38,52-54,58-59H,4-6,8,11,14,17,20,23,26,28-29,31,33-34,36-37,39-51H2,1-3H3,(H,57,60)/b10-7-,12-9+,16-13+,18-15+,22-19+,24-21-,27-25-,32-30+,38-35+. The van der Waals surface area contributed by atoms with E-state index in [0.29, 0.717) is 19.3 Å². The Labute approximate surface area is 381 Å². The lowest BCUT2D eigenvalue weighted by atomic mass is 10.0. The van der Waals surface area contributed by atoms with Crippen LogP contribution < -0.4 is 5.32 Å². The van der Waals surface area contributed by atoms with E-state index < -0.39 is 18.2 Å². The van der Waals surface area contributed by atoms with Crippen LogP contribution in [0.3, 0.4) is 0 Å². The molecule has 0 saturated heterocycles. The van der Waals surface area contributed by atoms with Gasteiger partial charge in [0.2, 0.25) is 5.91 Å². The summed E-state index contributed by atoms with van der Waals surface area (Å²) in [6.45, 7) is 6.17. The average Bonchev–Trinajstić information content (AvgIpc) is 3.26. The summed E-state index contributed by atoms with van der Waals surface area (Å²) in [6.07, 6.45) is 65.8. The summed E-state index contributed by atoms with van der Waals surface area (Å²) < 4.78 is 5.88. The van der Waals surface area contributed by atoms with Crippen molar-refractivity contribution < 1.29 is 24.5 Å². The van der Waals surface area contributed by atoms with Crippen LogP contribution in [0.15, 0.2) is 109 Å². The second kappa shape index (κ2) is 48.6. The molecule has 0 aromatic carbocycles. The summed E-state index contributed by atoms with van der Waals surface area (Å²) in [5.74, 6) is -0.583. The van der Waals surface area contributed by atoms with Crippen molar-refractivity contribution in [1.29, 1.82) is 0 Å². The zero-order valence-electron chi connectivity index (χ0n) is 40.0. The molecule has 3 unspecified atom stereocenters. The lowest BCUT2D eigenvalue weighted by molar-refractivity contribution is -0.151. The summed E-state index contributed by atoms with van der Waals surface area (Å²) in [7, 11) is 0. The fourth-order valence-corrected chi connectivity index (χ4v) is 7.06. The first kappa shape index (κ1) is 58.5. The normalized spacial score (nSPS) is 14.2. The number of hydrogen-bond acceptors (Lipinski definition) is 5. The van der Waals surface area contributed by atoms with Crippen LogP contribution in [0.25, 0.3) is 0 Å². The van der Waals surface area contributed by atoms with E-state index in [1.807, 2.05) is 60.8 Å². The Morgan fingerprint density at radius 3 is 1.35 bits per heavy atom. The van der Waals surface area contributed by atoms with Crippen LogP contribution in [0.4, 0.5) is 0 Å². The number of carbonyl (C=O) groups is 2. The highest BCUT2D eigenvalue weighted by Gasteiger charge is 2.24. The summed E-state index contributed by atoms with van der Waals surface area (Å²) in [6, 6.07) is -0.737. The first-order valence-corrected chi connectivity index (χ1v) is 25.2. The van der Waals surface area contributed by atoms with E-state index in [4.69, 9.17) is 4.74 Å². The summed E-state index contributed by atoms with van der Waals surface area (Å²) in [4.78, 5) is 26.1. The number of amides is 1. The molecular weight excluding hydrogens is 767 g/mol.